The van der Waals surface area contributed by atoms with E-state index in [0.717, 1.165) is 0 Å². The number of aliphatic hydroxyl groups is 9. The SMILES string of the molecule is OC[C@H]1C(C[C@@H](O)[C@@H](O)[C@H](O)[C@H](O)[C@@H](O)CO)C[C@@H](O)C1O. The first-order valence-electron chi connectivity index (χ1n) is 7.22. The Morgan fingerprint density at radius 1 is 0.818 bits per heavy atom. The Morgan fingerprint density at radius 2 is 1.36 bits per heavy atom. The Bertz CT molecular complexity index is 329. The fraction of sp³-hybridized carbons (Fsp3) is 1.00. The van der Waals surface area contributed by atoms with E-state index in [1.165, 1.54) is 0 Å². The van der Waals surface area contributed by atoms with Gasteiger partial charge >= 0.3 is 0 Å². The predicted molar refractivity (Wildman–Crippen MR) is 72.4 cm³/mol. The number of hydrogen-bond donors (Lipinski definition) is 9. The van der Waals surface area contributed by atoms with Crippen LogP contribution in [0.25, 0.3) is 0 Å². The van der Waals surface area contributed by atoms with Crippen molar-refractivity contribution in [2.45, 2.75) is 55.6 Å². The van der Waals surface area contributed by atoms with Gasteiger partial charge in [0.25, 0.3) is 0 Å². The molecule has 0 heterocycles. The molecule has 0 saturated heterocycles. The van der Waals surface area contributed by atoms with Crippen molar-refractivity contribution >= 4 is 0 Å². The molecule has 2 unspecified atom stereocenters. The summed E-state index contributed by atoms with van der Waals surface area (Å²) < 4.78 is 0. The molecule has 1 aliphatic carbocycles. The molecule has 0 amide bonds. The van der Waals surface area contributed by atoms with Crippen LogP contribution in [0.5, 0.6) is 0 Å². The van der Waals surface area contributed by atoms with Crippen LogP contribution in [0.4, 0.5) is 0 Å². The zero-order valence-corrected chi connectivity index (χ0v) is 12.0. The lowest BCUT2D eigenvalue weighted by molar-refractivity contribution is -0.143. The largest absolute Gasteiger partial charge is 0.396 e. The van der Waals surface area contributed by atoms with Gasteiger partial charge in [0.05, 0.1) is 24.9 Å². The summed E-state index contributed by atoms with van der Waals surface area (Å²) in [5, 5.41) is 85.3. The third-order valence-corrected chi connectivity index (χ3v) is 4.41. The van der Waals surface area contributed by atoms with E-state index in [-0.39, 0.29) is 12.8 Å². The second-order valence-corrected chi connectivity index (χ2v) is 5.92. The molecule has 22 heavy (non-hydrogen) atoms. The summed E-state index contributed by atoms with van der Waals surface area (Å²) in [5.41, 5.74) is 0. The molecule has 0 spiro atoms. The standard InChI is InChI=1S/C13H26O9/c14-3-6-5(1-7(16)10(6)19)2-8(17)11(20)13(22)12(21)9(18)4-15/h5-22H,1-4H2/t5?,6-,7+,8+,9-,10?,11+,12+,13-/m0/s1. The van der Waals surface area contributed by atoms with E-state index < -0.39 is 67.8 Å². The minimum atomic E-state index is -1.89. The molecule has 9 N–H and O–H groups in total. The van der Waals surface area contributed by atoms with E-state index in [1.807, 2.05) is 0 Å². The maximum atomic E-state index is 9.93. The number of hydrogen-bond acceptors (Lipinski definition) is 9. The topological polar surface area (TPSA) is 182 Å². The second kappa shape index (κ2) is 8.48. The quantitative estimate of drug-likeness (QED) is 0.212. The normalized spacial score (nSPS) is 35.9. The van der Waals surface area contributed by atoms with Crippen LogP contribution in [0, 0.1) is 11.8 Å². The molecule has 9 nitrogen and oxygen atoms in total. The molecule has 0 aromatic carbocycles. The number of rotatable bonds is 8. The van der Waals surface area contributed by atoms with Crippen molar-refractivity contribution in [1.82, 2.24) is 0 Å². The van der Waals surface area contributed by atoms with Gasteiger partial charge in [-0.15, -0.1) is 0 Å². The van der Waals surface area contributed by atoms with E-state index in [2.05, 4.69) is 0 Å². The highest BCUT2D eigenvalue weighted by molar-refractivity contribution is 4.93. The molecule has 0 aromatic rings. The summed E-state index contributed by atoms with van der Waals surface area (Å²) in [5.74, 6) is -1.14. The molecule has 0 aromatic heterocycles. The van der Waals surface area contributed by atoms with Gasteiger partial charge in [-0.05, 0) is 18.8 Å². The average Bonchev–Trinajstić information content (AvgIpc) is 2.77. The highest BCUT2D eigenvalue weighted by Gasteiger charge is 2.43. The summed E-state index contributed by atoms with van der Waals surface area (Å²) in [7, 11) is 0. The molecule has 0 bridgehead atoms. The minimum Gasteiger partial charge on any atom is -0.396 e. The summed E-state index contributed by atoms with van der Waals surface area (Å²) in [6, 6.07) is 0. The summed E-state index contributed by atoms with van der Waals surface area (Å²) in [6.07, 6.45) is -10.9. The van der Waals surface area contributed by atoms with Crippen LogP contribution >= 0.6 is 0 Å². The first-order chi connectivity index (χ1) is 10.2. The van der Waals surface area contributed by atoms with Crippen molar-refractivity contribution in [3.63, 3.8) is 0 Å². The van der Waals surface area contributed by atoms with Gasteiger partial charge in [-0.2, -0.15) is 0 Å². The fourth-order valence-corrected chi connectivity index (χ4v) is 2.93. The summed E-state index contributed by atoms with van der Waals surface area (Å²) in [4.78, 5) is 0. The van der Waals surface area contributed by atoms with E-state index in [1.54, 1.807) is 0 Å². The molecule has 1 aliphatic rings. The average molecular weight is 326 g/mol. The second-order valence-electron chi connectivity index (χ2n) is 5.92. The Hall–Kier alpha value is -0.360. The fourth-order valence-electron chi connectivity index (χ4n) is 2.93. The zero-order valence-electron chi connectivity index (χ0n) is 12.0. The smallest absolute Gasteiger partial charge is 0.111 e. The lowest BCUT2D eigenvalue weighted by Gasteiger charge is -2.30. The lowest BCUT2D eigenvalue weighted by Crippen LogP contribution is -2.50. The molecule has 9 atom stereocenters. The van der Waals surface area contributed by atoms with Crippen molar-refractivity contribution in [3.8, 4) is 0 Å². The van der Waals surface area contributed by atoms with Crippen molar-refractivity contribution < 1.29 is 46.0 Å². The monoisotopic (exact) mass is 326 g/mol. The molecule has 0 aliphatic heterocycles. The van der Waals surface area contributed by atoms with Crippen LogP contribution in [0.1, 0.15) is 12.8 Å². The van der Waals surface area contributed by atoms with Gasteiger partial charge in [-0.1, -0.05) is 0 Å². The van der Waals surface area contributed by atoms with E-state index in [4.69, 9.17) is 5.11 Å². The lowest BCUT2D eigenvalue weighted by atomic mass is 9.87. The van der Waals surface area contributed by atoms with Gasteiger partial charge in [0, 0.05) is 12.5 Å². The first-order valence-corrected chi connectivity index (χ1v) is 7.22. The number of aliphatic hydroxyl groups excluding tert-OH is 9. The Labute approximate surface area is 127 Å². The van der Waals surface area contributed by atoms with Crippen molar-refractivity contribution in [1.29, 1.82) is 0 Å². The third kappa shape index (κ3) is 4.34. The van der Waals surface area contributed by atoms with Gasteiger partial charge < -0.3 is 46.0 Å². The Kier molecular flexibility index (Phi) is 7.59. The molecule has 132 valence electrons. The molecule has 9 heteroatoms. The van der Waals surface area contributed by atoms with E-state index in [0.29, 0.717) is 0 Å². The first kappa shape index (κ1) is 19.7. The van der Waals surface area contributed by atoms with Gasteiger partial charge in [-0.3, -0.25) is 0 Å². The van der Waals surface area contributed by atoms with Crippen LogP contribution in [0.2, 0.25) is 0 Å². The van der Waals surface area contributed by atoms with Crippen molar-refractivity contribution in [2.24, 2.45) is 11.8 Å². The maximum absolute atomic E-state index is 9.93. The van der Waals surface area contributed by atoms with E-state index >= 15 is 0 Å². The molecular formula is C13H26O9. The van der Waals surface area contributed by atoms with Crippen LogP contribution < -0.4 is 0 Å². The van der Waals surface area contributed by atoms with Gasteiger partial charge in [0.2, 0.25) is 0 Å². The van der Waals surface area contributed by atoms with Crippen LogP contribution in [-0.2, 0) is 0 Å². The summed E-state index contributed by atoms with van der Waals surface area (Å²) >= 11 is 0. The Morgan fingerprint density at radius 3 is 1.86 bits per heavy atom. The highest BCUT2D eigenvalue weighted by Crippen LogP contribution is 2.36. The summed E-state index contributed by atoms with van der Waals surface area (Å²) in [6.45, 7) is -1.23. The molecule has 1 rings (SSSR count). The highest BCUT2D eigenvalue weighted by atomic mass is 16.4. The third-order valence-electron chi connectivity index (χ3n) is 4.41. The maximum Gasteiger partial charge on any atom is 0.111 e. The van der Waals surface area contributed by atoms with Crippen LogP contribution in [-0.4, -0.2) is 102 Å². The Balaban J connectivity index is 2.62. The van der Waals surface area contributed by atoms with Gasteiger partial charge in [-0.25, -0.2) is 0 Å². The van der Waals surface area contributed by atoms with Crippen molar-refractivity contribution in [3.05, 3.63) is 0 Å². The zero-order chi connectivity index (χ0) is 17.0. The molecule has 1 saturated carbocycles. The van der Waals surface area contributed by atoms with Crippen molar-refractivity contribution in [2.75, 3.05) is 13.2 Å². The minimum absolute atomic E-state index is 0.119. The predicted octanol–water partition coefficient (Wildman–Crippen LogP) is -4.48. The molecular weight excluding hydrogens is 300 g/mol. The van der Waals surface area contributed by atoms with Crippen LogP contribution in [0.3, 0.4) is 0 Å². The van der Waals surface area contributed by atoms with Crippen LogP contribution in [0.15, 0.2) is 0 Å². The molecule has 1 fully saturated rings. The van der Waals surface area contributed by atoms with Gasteiger partial charge in [0.1, 0.15) is 24.4 Å². The van der Waals surface area contributed by atoms with E-state index in [9.17, 15) is 40.9 Å². The molecule has 0 radical (unpaired) electrons. The van der Waals surface area contributed by atoms with Gasteiger partial charge in [0.15, 0.2) is 0 Å².